The molecule has 0 saturated carbocycles. The molecule has 0 saturated heterocycles. The number of rotatable bonds is 9. The van der Waals surface area contributed by atoms with Gasteiger partial charge in [-0.25, -0.2) is 0 Å². The molecule has 0 aliphatic rings. The summed E-state index contributed by atoms with van der Waals surface area (Å²) in [6.45, 7) is 1.58. The number of anilines is 3. The third-order valence-electron chi connectivity index (χ3n) is 4.57. The molecule has 3 N–H and O–H groups in total. The summed E-state index contributed by atoms with van der Waals surface area (Å²) in [6.07, 6.45) is 0.369. The van der Waals surface area contributed by atoms with Crippen LogP contribution in [0.4, 0.5) is 17.1 Å². The van der Waals surface area contributed by atoms with Crippen molar-refractivity contribution >= 4 is 34.8 Å². The molecule has 0 aliphatic carbocycles. The third-order valence-corrected chi connectivity index (χ3v) is 4.57. The second-order valence-corrected chi connectivity index (χ2v) is 7.03. The van der Waals surface area contributed by atoms with Crippen LogP contribution in [0.5, 0.6) is 11.5 Å². The van der Waals surface area contributed by atoms with E-state index < -0.39 is 0 Å². The number of nitrogens with one attached hydrogen (secondary N) is 3. The average Bonchev–Trinajstić information content (AvgIpc) is 2.83. The van der Waals surface area contributed by atoms with Crippen molar-refractivity contribution in [2.24, 2.45) is 0 Å². The van der Waals surface area contributed by atoms with Crippen LogP contribution in [0, 0.1) is 0 Å². The summed E-state index contributed by atoms with van der Waals surface area (Å²) in [5.41, 5.74) is 2.19. The van der Waals surface area contributed by atoms with E-state index in [1.165, 1.54) is 0 Å². The molecule has 8 nitrogen and oxygen atoms in total. The minimum atomic E-state index is -0.319. The van der Waals surface area contributed by atoms with E-state index in [0.717, 1.165) is 0 Å². The first-order valence-corrected chi connectivity index (χ1v) is 10.3. The third kappa shape index (κ3) is 7.10. The Hall–Kier alpha value is -4.33. The molecule has 0 aromatic heterocycles. The van der Waals surface area contributed by atoms with E-state index in [4.69, 9.17) is 9.47 Å². The van der Waals surface area contributed by atoms with E-state index in [-0.39, 0.29) is 24.3 Å². The molecule has 0 atom stereocenters. The second-order valence-electron chi connectivity index (χ2n) is 7.03. The standard InChI is InChI=1S/C25H25N3O5/c1-3-23(29)26-18-6-4-7-19(14-18)28-25(31)17-10-12-21(13-11-17)33-16-24(30)27-20-8-5-9-22(15-20)32-2/h4-15H,3,16H2,1-2H3,(H,26,29)(H,27,30)(H,28,31). The van der Waals surface area contributed by atoms with Crippen molar-refractivity contribution in [3.05, 3.63) is 78.4 Å². The van der Waals surface area contributed by atoms with Crippen molar-refractivity contribution in [3.8, 4) is 11.5 Å². The zero-order valence-electron chi connectivity index (χ0n) is 18.4. The number of hydrogen-bond acceptors (Lipinski definition) is 5. The number of hydrogen-bond donors (Lipinski definition) is 3. The number of ether oxygens (including phenoxy) is 2. The summed E-state index contributed by atoms with van der Waals surface area (Å²) in [5.74, 6) is 0.360. The highest BCUT2D eigenvalue weighted by atomic mass is 16.5. The molecule has 3 rings (SSSR count). The van der Waals surface area contributed by atoms with Gasteiger partial charge < -0.3 is 25.4 Å². The predicted octanol–water partition coefficient (Wildman–Crippen LogP) is 4.31. The molecule has 0 unspecified atom stereocenters. The van der Waals surface area contributed by atoms with Gasteiger partial charge in [0, 0.05) is 35.1 Å². The molecule has 0 bridgehead atoms. The van der Waals surface area contributed by atoms with Crippen LogP contribution in [-0.2, 0) is 9.59 Å². The van der Waals surface area contributed by atoms with E-state index in [1.807, 2.05) is 0 Å². The number of amides is 3. The quantitative estimate of drug-likeness (QED) is 0.453. The van der Waals surface area contributed by atoms with Crippen molar-refractivity contribution < 1.29 is 23.9 Å². The SMILES string of the molecule is CCC(=O)Nc1cccc(NC(=O)c2ccc(OCC(=O)Nc3cccc(OC)c3)cc2)c1. The molecular weight excluding hydrogens is 422 g/mol. The van der Waals surface area contributed by atoms with Gasteiger partial charge in [-0.1, -0.05) is 19.1 Å². The van der Waals surface area contributed by atoms with Crippen LogP contribution >= 0.6 is 0 Å². The van der Waals surface area contributed by atoms with Crippen molar-refractivity contribution in [2.75, 3.05) is 29.7 Å². The van der Waals surface area contributed by atoms with Gasteiger partial charge in [0.2, 0.25) is 5.91 Å². The molecule has 0 radical (unpaired) electrons. The maximum Gasteiger partial charge on any atom is 0.262 e. The van der Waals surface area contributed by atoms with E-state index in [2.05, 4.69) is 16.0 Å². The zero-order valence-corrected chi connectivity index (χ0v) is 18.4. The van der Waals surface area contributed by atoms with Crippen molar-refractivity contribution in [2.45, 2.75) is 13.3 Å². The first kappa shape index (κ1) is 23.3. The molecule has 170 valence electrons. The highest BCUT2D eigenvalue weighted by molar-refractivity contribution is 6.04. The Balaban J connectivity index is 1.52. The normalized spacial score (nSPS) is 10.1. The van der Waals surface area contributed by atoms with E-state index >= 15 is 0 Å². The average molecular weight is 447 g/mol. The van der Waals surface area contributed by atoms with Crippen LogP contribution in [0.15, 0.2) is 72.8 Å². The Morgan fingerprint density at radius 1 is 0.727 bits per heavy atom. The maximum absolute atomic E-state index is 12.5. The highest BCUT2D eigenvalue weighted by Crippen LogP contribution is 2.19. The molecule has 8 heteroatoms. The molecule has 3 aromatic carbocycles. The molecule has 0 spiro atoms. The lowest BCUT2D eigenvalue weighted by Gasteiger charge is -2.10. The number of carbonyl (C=O) groups is 3. The van der Waals surface area contributed by atoms with Gasteiger partial charge in [-0.05, 0) is 54.6 Å². The highest BCUT2D eigenvalue weighted by Gasteiger charge is 2.09. The zero-order chi connectivity index (χ0) is 23.6. The van der Waals surface area contributed by atoms with Gasteiger partial charge in [0.15, 0.2) is 6.61 Å². The fourth-order valence-electron chi connectivity index (χ4n) is 2.88. The Kier molecular flexibility index (Phi) is 8.02. The monoisotopic (exact) mass is 447 g/mol. The molecular formula is C25H25N3O5. The van der Waals surface area contributed by atoms with E-state index in [1.54, 1.807) is 86.8 Å². The first-order chi connectivity index (χ1) is 16.0. The van der Waals surface area contributed by atoms with Gasteiger partial charge in [-0.2, -0.15) is 0 Å². The summed E-state index contributed by atoms with van der Waals surface area (Å²) in [6, 6.07) is 20.4. The minimum Gasteiger partial charge on any atom is -0.497 e. The number of benzene rings is 3. The van der Waals surface area contributed by atoms with Crippen LogP contribution in [0.3, 0.4) is 0 Å². The van der Waals surface area contributed by atoms with Gasteiger partial charge in [-0.15, -0.1) is 0 Å². The summed E-state index contributed by atoms with van der Waals surface area (Å²) in [7, 11) is 1.55. The second kappa shape index (κ2) is 11.3. The van der Waals surface area contributed by atoms with Crippen LogP contribution in [0.25, 0.3) is 0 Å². The van der Waals surface area contributed by atoms with Crippen LogP contribution in [-0.4, -0.2) is 31.4 Å². The van der Waals surface area contributed by atoms with E-state index in [9.17, 15) is 14.4 Å². The predicted molar refractivity (Wildman–Crippen MR) is 127 cm³/mol. The summed E-state index contributed by atoms with van der Waals surface area (Å²) >= 11 is 0. The molecule has 3 aromatic rings. The Labute approximate surface area is 191 Å². The Bertz CT molecular complexity index is 1130. The molecule has 0 fully saturated rings. The fourth-order valence-corrected chi connectivity index (χ4v) is 2.88. The van der Waals surface area contributed by atoms with Crippen molar-refractivity contribution in [1.82, 2.24) is 0 Å². The van der Waals surface area contributed by atoms with Gasteiger partial charge in [0.1, 0.15) is 11.5 Å². The van der Waals surface area contributed by atoms with Crippen molar-refractivity contribution in [3.63, 3.8) is 0 Å². The minimum absolute atomic E-state index is 0.105. The number of carbonyl (C=O) groups excluding carboxylic acids is 3. The van der Waals surface area contributed by atoms with Gasteiger partial charge in [0.25, 0.3) is 11.8 Å². The van der Waals surface area contributed by atoms with Gasteiger partial charge >= 0.3 is 0 Å². The molecule has 3 amide bonds. The fraction of sp³-hybridized carbons (Fsp3) is 0.160. The van der Waals surface area contributed by atoms with Crippen molar-refractivity contribution in [1.29, 1.82) is 0 Å². The smallest absolute Gasteiger partial charge is 0.262 e. The van der Waals surface area contributed by atoms with E-state index in [0.29, 0.717) is 40.5 Å². The maximum atomic E-state index is 12.5. The van der Waals surface area contributed by atoms with Crippen LogP contribution in [0.2, 0.25) is 0 Å². The van der Waals surface area contributed by atoms with Crippen LogP contribution < -0.4 is 25.4 Å². The van der Waals surface area contributed by atoms with Crippen LogP contribution in [0.1, 0.15) is 23.7 Å². The topological polar surface area (TPSA) is 106 Å². The molecule has 0 aliphatic heterocycles. The Morgan fingerprint density at radius 2 is 1.33 bits per heavy atom. The first-order valence-electron chi connectivity index (χ1n) is 10.3. The number of methoxy groups -OCH3 is 1. The molecule has 0 heterocycles. The summed E-state index contributed by atoms with van der Waals surface area (Å²) in [4.78, 5) is 36.2. The Morgan fingerprint density at radius 3 is 2.00 bits per heavy atom. The van der Waals surface area contributed by atoms with Gasteiger partial charge in [0.05, 0.1) is 7.11 Å². The summed E-state index contributed by atoms with van der Waals surface area (Å²) < 4.78 is 10.6. The largest absolute Gasteiger partial charge is 0.497 e. The lowest BCUT2D eigenvalue weighted by molar-refractivity contribution is -0.118. The summed E-state index contributed by atoms with van der Waals surface area (Å²) in [5, 5.41) is 8.27. The van der Waals surface area contributed by atoms with Gasteiger partial charge in [-0.3, -0.25) is 14.4 Å². The molecule has 33 heavy (non-hydrogen) atoms. The lowest BCUT2D eigenvalue weighted by Crippen LogP contribution is -2.20. The lowest BCUT2D eigenvalue weighted by atomic mass is 10.2.